The van der Waals surface area contributed by atoms with Crippen LogP contribution in [0.5, 0.6) is 11.5 Å². The molecule has 0 fully saturated rings. The molecule has 0 atom stereocenters. The highest BCUT2D eigenvalue weighted by Gasteiger charge is 2.14. The van der Waals surface area contributed by atoms with Crippen molar-refractivity contribution in [2.45, 2.75) is 6.54 Å². The Morgan fingerprint density at radius 2 is 2.00 bits per heavy atom. The van der Waals surface area contributed by atoms with Gasteiger partial charge in [0.25, 0.3) is 5.89 Å². The number of hydrogen-bond donors (Lipinski definition) is 0. The molecule has 1 aromatic carbocycles. The van der Waals surface area contributed by atoms with E-state index in [0.717, 1.165) is 5.56 Å². The molecule has 0 aliphatic carbocycles. The Kier molecular flexibility index (Phi) is 4.22. The van der Waals surface area contributed by atoms with Gasteiger partial charge in [-0.05, 0) is 18.2 Å². The average Bonchev–Trinajstić information content (AvgIpc) is 3.23. The van der Waals surface area contributed by atoms with E-state index in [1.54, 1.807) is 38.7 Å². The minimum Gasteiger partial charge on any atom is -0.493 e. The molecule has 0 amide bonds. The molecule has 23 heavy (non-hydrogen) atoms. The first-order chi connectivity index (χ1) is 11.2. The number of aromatic nitrogens is 4. The smallest absolute Gasteiger partial charge is 0.261 e. The van der Waals surface area contributed by atoms with Crippen LogP contribution >= 0.6 is 0 Å². The first-order valence-electron chi connectivity index (χ1n) is 6.90. The molecule has 8 heteroatoms. The summed E-state index contributed by atoms with van der Waals surface area (Å²) in [5.74, 6) is 1.93. The van der Waals surface area contributed by atoms with E-state index in [2.05, 4.69) is 15.2 Å². The van der Waals surface area contributed by atoms with E-state index in [9.17, 15) is 4.39 Å². The van der Waals surface area contributed by atoms with Gasteiger partial charge in [0, 0.05) is 11.8 Å². The van der Waals surface area contributed by atoms with E-state index in [-0.39, 0.29) is 6.54 Å². The second-order valence-electron chi connectivity index (χ2n) is 4.67. The summed E-state index contributed by atoms with van der Waals surface area (Å²) in [4.78, 5) is 4.33. The predicted molar refractivity (Wildman–Crippen MR) is 80.0 cm³/mol. The molecule has 120 valence electrons. The highest BCUT2D eigenvalue weighted by molar-refractivity contribution is 5.63. The van der Waals surface area contributed by atoms with Gasteiger partial charge in [-0.25, -0.2) is 4.39 Å². The molecule has 2 aromatic heterocycles. The van der Waals surface area contributed by atoms with Gasteiger partial charge < -0.3 is 14.0 Å². The van der Waals surface area contributed by atoms with Crippen molar-refractivity contribution >= 4 is 0 Å². The lowest BCUT2D eigenvalue weighted by molar-refractivity contribution is 0.355. The third kappa shape index (κ3) is 3.01. The number of hydrogen-bond acceptors (Lipinski definition) is 6. The van der Waals surface area contributed by atoms with Crippen molar-refractivity contribution in [1.29, 1.82) is 0 Å². The Balaban J connectivity index is 1.89. The fourth-order valence-corrected chi connectivity index (χ4v) is 2.12. The number of benzene rings is 1. The van der Waals surface area contributed by atoms with Crippen LogP contribution in [0.4, 0.5) is 4.39 Å². The molecule has 3 aromatic rings. The van der Waals surface area contributed by atoms with Gasteiger partial charge in [-0.3, -0.25) is 4.68 Å². The van der Waals surface area contributed by atoms with Crippen LogP contribution < -0.4 is 9.47 Å². The van der Waals surface area contributed by atoms with Crippen LogP contribution in [0.3, 0.4) is 0 Å². The van der Waals surface area contributed by atoms with Crippen molar-refractivity contribution in [2.75, 3.05) is 20.9 Å². The van der Waals surface area contributed by atoms with Gasteiger partial charge >= 0.3 is 0 Å². The van der Waals surface area contributed by atoms with Crippen LogP contribution in [0.1, 0.15) is 0 Å². The van der Waals surface area contributed by atoms with Gasteiger partial charge in [-0.1, -0.05) is 5.16 Å². The third-order valence-electron chi connectivity index (χ3n) is 3.26. The van der Waals surface area contributed by atoms with Gasteiger partial charge in [-0.2, -0.15) is 10.1 Å². The number of halogens is 1. The molecule has 0 spiro atoms. The number of methoxy groups -OCH3 is 2. The van der Waals surface area contributed by atoms with Crippen molar-refractivity contribution in [3.8, 4) is 34.3 Å². The molecule has 0 aliphatic rings. The summed E-state index contributed by atoms with van der Waals surface area (Å²) in [7, 11) is 3.13. The second kappa shape index (κ2) is 6.47. The van der Waals surface area contributed by atoms with Crippen LogP contribution in [-0.2, 0) is 6.54 Å². The highest BCUT2D eigenvalue weighted by Crippen LogP contribution is 2.31. The molecule has 0 bridgehead atoms. The van der Waals surface area contributed by atoms with E-state index in [0.29, 0.717) is 28.8 Å². The second-order valence-corrected chi connectivity index (χ2v) is 4.67. The number of ether oxygens (including phenoxy) is 2. The zero-order chi connectivity index (χ0) is 16.2. The lowest BCUT2D eigenvalue weighted by Gasteiger charge is -2.07. The Hall–Kier alpha value is -2.90. The number of aryl methyl sites for hydroxylation is 1. The maximum absolute atomic E-state index is 12.3. The summed E-state index contributed by atoms with van der Waals surface area (Å²) in [5, 5.41) is 7.98. The maximum atomic E-state index is 12.3. The third-order valence-corrected chi connectivity index (χ3v) is 3.26. The first-order valence-corrected chi connectivity index (χ1v) is 6.90. The molecule has 7 nitrogen and oxygen atoms in total. The quantitative estimate of drug-likeness (QED) is 0.695. The Labute approximate surface area is 131 Å². The fraction of sp³-hybridized carbons (Fsp3) is 0.267. The van der Waals surface area contributed by atoms with E-state index in [1.807, 2.05) is 6.07 Å². The summed E-state index contributed by atoms with van der Waals surface area (Å²) < 4.78 is 29.5. The summed E-state index contributed by atoms with van der Waals surface area (Å²) in [6.45, 7) is -0.293. The monoisotopic (exact) mass is 318 g/mol. The topological polar surface area (TPSA) is 75.2 Å². The average molecular weight is 318 g/mol. The fourth-order valence-electron chi connectivity index (χ4n) is 2.12. The summed E-state index contributed by atoms with van der Waals surface area (Å²) in [6.07, 6.45) is 3.22. The molecule has 0 N–H and O–H groups in total. The number of alkyl halides is 1. The molecular weight excluding hydrogens is 303 g/mol. The molecule has 2 heterocycles. The SMILES string of the molecule is COc1ccc(-c2noc(-c3cnn(CCF)c3)n2)cc1OC. The summed E-state index contributed by atoms with van der Waals surface area (Å²) in [6, 6.07) is 5.34. The van der Waals surface area contributed by atoms with Gasteiger partial charge in [0.15, 0.2) is 11.5 Å². The van der Waals surface area contributed by atoms with E-state index >= 15 is 0 Å². The van der Waals surface area contributed by atoms with Crippen LogP contribution in [0.15, 0.2) is 35.1 Å². The minimum atomic E-state index is -0.484. The van der Waals surface area contributed by atoms with Crippen molar-refractivity contribution in [3.05, 3.63) is 30.6 Å². The van der Waals surface area contributed by atoms with Crippen LogP contribution in [0, 0.1) is 0 Å². The lowest BCUT2D eigenvalue weighted by atomic mass is 10.2. The Morgan fingerprint density at radius 3 is 2.74 bits per heavy atom. The van der Waals surface area contributed by atoms with Crippen molar-refractivity contribution < 1.29 is 18.4 Å². The number of nitrogens with zero attached hydrogens (tertiary/aromatic N) is 4. The van der Waals surface area contributed by atoms with Gasteiger partial charge in [-0.15, -0.1) is 0 Å². The van der Waals surface area contributed by atoms with Gasteiger partial charge in [0.05, 0.1) is 32.5 Å². The molecule has 0 radical (unpaired) electrons. The van der Waals surface area contributed by atoms with Crippen LogP contribution in [-0.4, -0.2) is 40.8 Å². The molecule has 0 unspecified atom stereocenters. The summed E-state index contributed by atoms with van der Waals surface area (Å²) in [5.41, 5.74) is 1.37. The molecule has 3 rings (SSSR count). The van der Waals surface area contributed by atoms with Crippen LogP contribution in [0.25, 0.3) is 22.8 Å². The van der Waals surface area contributed by atoms with E-state index in [1.165, 1.54) is 4.68 Å². The first kappa shape index (κ1) is 15.0. The normalized spacial score (nSPS) is 10.7. The Bertz CT molecular complexity index is 800. The van der Waals surface area contributed by atoms with Gasteiger partial charge in [0.1, 0.15) is 6.67 Å². The molecular formula is C15H15FN4O3. The van der Waals surface area contributed by atoms with Crippen molar-refractivity contribution in [2.24, 2.45) is 0 Å². The lowest BCUT2D eigenvalue weighted by Crippen LogP contribution is -1.98. The minimum absolute atomic E-state index is 0.191. The van der Waals surface area contributed by atoms with Crippen molar-refractivity contribution in [3.63, 3.8) is 0 Å². The molecule has 0 saturated carbocycles. The Morgan fingerprint density at radius 1 is 1.17 bits per heavy atom. The zero-order valence-corrected chi connectivity index (χ0v) is 12.7. The summed E-state index contributed by atoms with van der Waals surface area (Å²) >= 11 is 0. The molecule has 0 aliphatic heterocycles. The zero-order valence-electron chi connectivity index (χ0n) is 12.7. The van der Waals surface area contributed by atoms with Crippen LogP contribution in [0.2, 0.25) is 0 Å². The maximum Gasteiger partial charge on any atom is 0.261 e. The van der Waals surface area contributed by atoms with E-state index in [4.69, 9.17) is 14.0 Å². The van der Waals surface area contributed by atoms with E-state index < -0.39 is 6.67 Å². The standard InChI is InChI=1S/C15H15FN4O3/c1-21-12-4-3-10(7-13(12)22-2)14-18-15(23-19-14)11-8-17-20(9-11)6-5-16/h3-4,7-9H,5-6H2,1-2H3. The number of rotatable bonds is 6. The largest absolute Gasteiger partial charge is 0.493 e. The highest BCUT2D eigenvalue weighted by atomic mass is 19.1. The van der Waals surface area contributed by atoms with Crippen molar-refractivity contribution in [1.82, 2.24) is 19.9 Å². The predicted octanol–water partition coefficient (Wildman–Crippen LogP) is 2.59. The van der Waals surface area contributed by atoms with Gasteiger partial charge in [0.2, 0.25) is 5.82 Å². The molecule has 0 saturated heterocycles.